The highest BCUT2D eigenvalue weighted by atomic mass is 19.3. The molecular weight excluding hydrogens is 701 g/mol. The van der Waals surface area contributed by atoms with Crippen molar-refractivity contribution < 1.29 is 78.2 Å². The van der Waals surface area contributed by atoms with Crippen LogP contribution < -0.4 is 23.7 Å². The number of ether oxygens (including phenoxy) is 8. The lowest BCUT2D eigenvalue weighted by Gasteiger charge is -2.28. The molecule has 17 heteroatoms. The van der Waals surface area contributed by atoms with E-state index in [0.29, 0.717) is 23.8 Å². The number of hydrogen-bond acceptors (Lipinski definition) is 10. The summed E-state index contributed by atoms with van der Waals surface area (Å²) in [5, 5.41) is 0. The van der Waals surface area contributed by atoms with Gasteiger partial charge in [0.15, 0.2) is 23.1 Å². The maximum Gasteiger partial charge on any atom is 0.586 e. The molecule has 1 heterocycles. The highest BCUT2D eigenvalue weighted by Crippen LogP contribution is 2.58. The second kappa shape index (κ2) is 16.6. The molecule has 0 aromatic heterocycles. The minimum Gasteiger partial charge on any atom is -0.488 e. The van der Waals surface area contributed by atoms with Crippen LogP contribution in [0.1, 0.15) is 16.7 Å². The Balaban J connectivity index is 1.39. The molecule has 0 atom stereocenters. The smallest absolute Gasteiger partial charge is 0.488 e. The molecule has 10 nitrogen and oxygen atoms in total. The number of benzene rings is 3. The minimum absolute atomic E-state index is 0.00674. The summed E-state index contributed by atoms with van der Waals surface area (Å²) in [6.45, 7) is 6.16. The van der Waals surface area contributed by atoms with Gasteiger partial charge in [-0.1, -0.05) is 25.3 Å². The van der Waals surface area contributed by atoms with Gasteiger partial charge in [-0.05, 0) is 48.0 Å². The fourth-order valence-electron chi connectivity index (χ4n) is 4.29. The zero-order valence-corrected chi connectivity index (χ0v) is 26.4. The van der Waals surface area contributed by atoms with Crippen LogP contribution in [-0.4, -0.2) is 57.9 Å². The molecular formula is C34H29F7O10. The van der Waals surface area contributed by atoms with Gasteiger partial charge in [0.05, 0.1) is 32.0 Å². The summed E-state index contributed by atoms with van der Waals surface area (Å²) in [4.78, 5) is 22.2. The highest BCUT2D eigenvalue weighted by Gasteiger charge is 2.62. The predicted molar refractivity (Wildman–Crippen MR) is 162 cm³/mol. The molecule has 0 fully saturated rings. The molecule has 1 aliphatic heterocycles. The van der Waals surface area contributed by atoms with E-state index in [1.807, 2.05) is 0 Å². The van der Waals surface area contributed by atoms with Gasteiger partial charge >= 0.3 is 30.1 Å². The van der Waals surface area contributed by atoms with Gasteiger partial charge in [-0.3, -0.25) is 0 Å². The van der Waals surface area contributed by atoms with E-state index in [0.717, 1.165) is 18.2 Å². The predicted octanol–water partition coefficient (Wildman–Crippen LogP) is 6.84. The number of hydrogen-bond donors (Lipinski definition) is 0. The zero-order valence-electron chi connectivity index (χ0n) is 26.4. The van der Waals surface area contributed by atoms with Gasteiger partial charge in [0, 0.05) is 17.7 Å². The summed E-state index contributed by atoms with van der Waals surface area (Å²) in [6.07, 6.45) is -2.57. The second-order valence-corrected chi connectivity index (χ2v) is 10.2. The van der Waals surface area contributed by atoms with Gasteiger partial charge in [-0.2, -0.15) is 17.6 Å². The summed E-state index contributed by atoms with van der Waals surface area (Å²) in [5.41, 5.74) is -2.77. The number of rotatable bonds is 19. The lowest BCUT2D eigenvalue weighted by atomic mass is 9.94. The third kappa shape index (κ3) is 9.70. The highest BCUT2D eigenvalue weighted by molar-refractivity contribution is 5.83. The quantitative estimate of drug-likeness (QED) is 0.0428. The molecule has 0 radical (unpaired) electrons. The normalized spacial score (nSPS) is 13.3. The van der Waals surface area contributed by atoms with E-state index in [1.54, 1.807) is 0 Å². The van der Waals surface area contributed by atoms with Crippen LogP contribution >= 0.6 is 0 Å². The van der Waals surface area contributed by atoms with Crippen molar-refractivity contribution in [1.29, 1.82) is 0 Å². The minimum atomic E-state index is -5.24. The first kappa shape index (κ1) is 38.5. The molecule has 0 saturated carbocycles. The van der Waals surface area contributed by atoms with E-state index in [1.165, 1.54) is 24.3 Å². The summed E-state index contributed by atoms with van der Waals surface area (Å²) < 4.78 is 144. The van der Waals surface area contributed by atoms with Crippen molar-refractivity contribution >= 4 is 11.9 Å². The average molecular weight is 731 g/mol. The summed E-state index contributed by atoms with van der Waals surface area (Å²) in [6, 6.07) is 8.10. The van der Waals surface area contributed by atoms with Gasteiger partial charge in [0.1, 0.15) is 25.6 Å². The van der Waals surface area contributed by atoms with Crippen molar-refractivity contribution in [2.75, 3.05) is 39.6 Å². The van der Waals surface area contributed by atoms with Crippen LogP contribution in [0.3, 0.4) is 0 Å². The van der Waals surface area contributed by atoms with E-state index in [4.69, 9.17) is 28.4 Å². The van der Waals surface area contributed by atoms with Crippen LogP contribution in [-0.2, 0) is 42.3 Å². The average Bonchev–Trinajstić information content (AvgIpc) is 3.43. The van der Waals surface area contributed by atoms with Crippen molar-refractivity contribution in [3.8, 4) is 28.7 Å². The zero-order chi connectivity index (χ0) is 37.2. The molecule has 3 aromatic rings. The Labute approximate surface area is 285 Å². The monoisotopic (exact) mass is 730 g/mol. The topological polar surface area (TPSA) is 108 Å². The van der Waals surface area contributed by atoms with E-state index in [2.05, 4.69) is 22.6 Å². The molecule has 0 saturated heterocycles. The molecule has 3 aromatic carbocycles. The van der Waals surface area contributed by atoms with Crippen molar-refractivity contribution in [3.05, 3.63) is 102 Å². The molecule has 0 bridgehead atoms. The van der Waals surface area contributed by atoms with Gasteiger partial charge in [-0.25, -0.2) is 14.0 Å². The molecule has 0 aliphatic carbocycles. The third-order valence-electron chi connectivity index (χ3n) is 6.74. The van der Waals surface area contributed by atoms with Crippen molar-refractivity contribution in [3.63, 3.8) is 0 Å². The molecule has 274 valence electrons. The second-order valence-electron chi connectivity index (χ2n) is 10.2. The maximum atomic E-state index is 15.5. The van der Waals surface area contributed by atoms with Crippen LogP contribution in [0.4, 0.5) is 30.7 Å². The maximum absolute atomic E-state index is 15.5. The molecule has 0 amide bonds. The number of esters is 2. The van der Waals surface area contributed by atoms with Crippen molar-refractivity contribution in [2.45, 2.75) is 24.7 Å². The van der Waals surface area contributed by atoms with Crippen molar-refractivity contribution in [2.24, 2.45) is 0 Å². The first-order valence-corrected chi connectivity index (χ1v) is 14.8. The Morgan fingerprint density at radius 2 is 1.33 bits per heavy atom. The standard InChI is InChI=1S/C34H29F7O10/c1-3-28(42)47-18-16-45-14-13-44-15-17-46-26-11-7-22(19-25(26)35)32(36,37)33(38,39)24-10-12-27(31-30(24)50-34(40,41)51-31)48-20-21-5-8-23(9-6-21)49-29(43)4-2/h3-12,19H,1-2,13-18,20H2. The van der Waals surface area contributed by atoms with Crippen LogP contribution in [0, 0.1) is 5.82 Å². The van der Waals surface area contributed by atoms with Gasteiger partial charge in [0.25, 0.3) is 0 Å². The van der Waals surface area contributed by atoms with Crippen LogP contribution in [0.25, 0.3) is 0 Å². The third-order valence-corrected chi connectivity index (χ3v) is 6.74. The number of alkyl halides is 6. The van der Waals surface area contributed by atoms with E-state index in [-0.39, 0.29) is 58.1 Å². The first-order chi connectivity index (χ1) is 24.2. The molecule has 0 unspecified atom stereocenters. The Morgan fingerprint density at radius 1 is 0.725 bits per heavy atom. The lowest BCUT2D eigenvalue weighted by Crippen LogP contribution is -2.36. The van der Waals surface area contributed by atoms with Gasteiger partial charge < -0.3 is 37.9 Å². The summed E-state index contributed by atoms with van der Waals surface area (Å²) in [5.74, 6) is -16.5. The number of carbonyl (C=O) groups excluding carboxylic acids is 2. The van der Waals surface area contributed by atoms with E-state index in [9.17, 15) is 22.8 Å². The van der Waals surface area contributed by atoms with Gasteiger partial charge in [-0.15, -0.1) is 8.78 Å². The van der Waals surface area contributed by atoms with Crippen molar-refractivity contribution in [1.82, 2.24) is 0 Å². The summed E-state index contributed by atoms with van der Waals surface area (Å²) >= 11 is 0. The molecule has 0 N–H and O–H groups in total. The van der Waals surface area contributed by atoms with E-state index >= 15 is 17.6 Å². The Hall–Kier alpha value is -5.29. The SMILES string of the molecule is C=CC(=O)OCCOCCOCCOc1ccc(C(F)(F)C(F)(F)c2ccc(OCc3ccc(OC(=O)C=C)cc3)c3c2OC(F)(F)O3)cc1F. The van der Waals surface area contributed by atoms with Crippen LogP contribution in [0.15, 0.2) is 79.9 Å². The van der Waals surface area contributed by atoms with Crippen LogP contribution in [0.2, 0.25) is 0 Å². The fourth-order valence-corrected chi connectivity index (χ4v) is 4.29. The number of halogens is 7. The largest absolute Gasteiger partial charge is 0.586 e. The summed E-state index contributed by atoms with van der Waals surface area (Å²) in [7, 11) is 0. The Kier molecular flexibility index (Phi) is 12.5. The van der Waals surface area contributed by atoms with Gasteiger partial charge in [0.2, 0.25) is 5.75 Å². The number of carbonyl (C=O) groups is 2. The molecule has 51 heavy (non-hydrogen) atoms. The molecule has 1 aliphatic rings. The Morgan fingerprint density at radius 3 is 1.98 bits per heavy atom. The molecule has 0 spiro atoms. The molecule has 4 rings (SSSR count). The van der Waals surface area contributed by atoms with Crippen LogP contribution in [0.5, 0.6) is 28.7 Å². The number of fused-ring (bicyclic) bond motifs is 1. The van der Waals surface area contributed by atoms with E-state index < -0.39 is 70.0 Å². The fraction of sp³-hybridized carbons (Fsp3) is 0.294. The lowest BCUT2D eigenvalue weighted by molar-refractivity contribution is -0.288. The Bertz CT molecular complexity index is 1710. The first-order valence-electron chi connectivity index (χ1n) is 14.8.